The highest BCUT2D eigenvalue weighted by atomic mass is 15.5. The van der Waals surface area contributed by atoms with Crippen LogP contribution in [0.25, 0.3) is 5.65 Å². The van der Waals surface area contributed by atoms with Crippen LogP contribution in [0.3, 0.4) is 0 Å². The zero-order valence-corrected chi connectivity index (χ0v) is 8.39. The first kappa shape index (κ1) is 8.86. The molecule has 2 rings (SSSR count). The van der Waals surface area contributed by atoms with Gasteiger partial charge in [-0.15, -0.1) is 5.10 Å². The van der Waals surface area contributed by atoms with Crippen molar-refractivity contribution < 1.29 is 0 Å². The third kappa shape index (κ3) is 1.63. The Labute approximate surface area is 81.3 Å². The molecule has 0 aliphatic rings. The highest BCUT2D eigenvalue weighted by Crippen LogP contribution is 2.12. The van der Waals surface area contributed by atoms with Gasteiger partial charge >= 0.3 is 0 Å². The second-order valence-electron chi connectivity index (χ2n) is 4.12. The van der Waals surface area contributed by atoms with Crippen molar-refractivity contribution in [3.8, 4) is 0 Å². The van der Waals surface area contributed by atoms with Crippen LogP contribution in [0.1, 0.15) is 20.8 Å². The molecule has 0 amide bonds. The van der Waals surface area contributed by atoms with Crippen LogP contribution in [-0.2, 0) is 0 Å². The van der Waals surface area contributed by atoms with Crippen molar-refractivity contribution in [1.82, 2.24) is 25.0 Å². The van der Waals surface area contributed by atoms with E-state index in [1.807, 2.05) is 0 Å². The summed E-state index contributed by atoms with van der Waals surface area (Å²) in [6.07, 6.45) is 3.32. The van der Waals surface area contributed by atoms with Gasteiger partial charge in [0, 0.05) is 5.54 Å². The van der Waals surface area contributed by atoms with Crippen LogP contribution in [0.5, 0.6) is 0 Å². The fraction of sp³-hybridized carbons (Fsp3) is 0.500. The zero-order valence-electron chi connectivity index (χ0n) is 8.39. The van der Waals surface area contributed by atoms with Crippen molar-refractivity contribution in [3.63, 3.8) is 0 Å². The van der Waals surface area contributed by atoms with E-state index >= 15 is 0 Å². The van der Waals surface area contributed by atoms with Crippen molar-refractivity contribution in [1.29, 1.82) is 0 Å². The van der Waals surface area contributed by atoms with Gasteiger partial charge in [-0.2, -0.15) is 4.52 Å². The number of aromatic nitrogens is 5. The molecule has 0 aromatic carbocycles. The van der Waals surface area contributed by atoms with Gasteiger partial charge in [0.05, 0.1) is 12.4 Å². The first-order valence-electron chi connectivity index (χ1n) is 4.36. The molecule has 6 nitrogen and oxygen atoms in total. The summed E-state index contributed by atoms with van der Waals surface area (Å²) in [6, 6.07) is 0. The van der Waals surface area contributed by atoms with E-state index in [4.69, 9.17) is 0 Å². The Kier molecular flexibility index (Phi) is 1.83. The normalized spacial score (nSPS) is 11.9. The molecule has 14 heavy (non-hydrogen) atoms. The van der Waals surface area contributed by atoms with Gasteiger partial charge in [-0.1, -0.05) is 0 Å². The molecule has 74 valence electrons. The van der Waals surface area contributed by atoms with Gasteiger partial charge in [0.25, 0.3) is 0 Å². The molecule has 6 heteroatoms. The van der Waals surface area contributed by atoms with E-state index in [2.05, 4.69) is 46.6 Å². The second kappa shape index (κ2) is 2.90. The van der Waals surface area contributed by atoms with Crippen LogP contribution in [0, 0.1) is 0 Å². The van der Waals surface area contributed by atoms with Crippen LogP contribution in [-0.4, -0.2) is 30.6 Å². The Morgan fingerprint density at radius 3 is 2.79 bits per heavy atom. The lowest BCUT2D eigenvalue weighted by Gasteiger charge is -2.21. The molecule has 0 spiro atoms. The minimum Gasteiger partial charge on any atom is -0.364 e. The summed E-state index contributed by atoms with van der Waals surface area (Å²) < 4.78 is 1.62. The molecule has 0 radical (unpaired) electrons. The molecule has 1 N–H and O–H groups in total. The van der Waals surface area contributed by atoms with Gasteiger partial charge < -0.3 is 5.32 Å². The van der Waals surface area contributed by atoms with E-state index in [1.54, 1.807) is 16.9 Å². The van der Waals surface area contributed by atoms with Gasteiger partial charge in [0.15, 0.2) is 11.5 Å². The molecular weight excluding hydrogens is 180 g/mol. The lowest BCUT2D eigenvalue weighted by molar-refractivity contribution is 0.623. The highest BCUT2D eigenvalue weighted by molar-refractivity contribution is 5.44. The fourth-order valence-corrected chi connectivity index (χ4v) is 1.14. The summed E-state index contributed by atoms with van der Waals surface area (Å²) in [7, 11) is 0. The molecule has 0 fully saturated rings. The van der Waals surface area contributed by atoms with E-state index in [0.29, 0.717) is 5.65 Å². The number of rotatable bonds is 1. The van der Waals surface area contributed by atoms with Gasteiger partial charge in [-0.3, -0.25) is 4.98 Å². The Balaban J connectivity index is 2.46. The monoisotopic (exact) mass is 192 g/mol. The molecular formula is C8H12N6. The maximum atomic E-state index is 4.04. The summed E-state index contributed by atoms with van der Waals surface area (Å²) in [6.45, 7) is 6.20. The summed E-state index contributed by atoms with van der Waals surface area (Å²) in [5, 5.41) is 14.5. The molecule has 2 heterocycles. The van der Waals surface area contributed by atoms with Gasteiger partial charge in [-0.25, -0.2) is 0 Å². The van der Waals surface area contributed by atoms with Crippen molar-refractivity contribution in [2.45, 2.75) is 26.3 Å². The largest absolute Gasteiger partial charge is 0.364 e. The Morgan fingerprint density at radius 1 is 1.29 bits per heavy atom. The first-order valence-corrected chi connectivity index (χ1v) is 4.36. The SMILES string of the molecule is CC(C)(C)Nc1cncc2nnnn12. The maximum Gasteiger partial charge on any atom is 0.199 e. The molecule has 0 saturated heterocycles. The predicted octanol–water partition coefficient (Wildman–Crippen LogP) is 0.730. The van der Waals surface area contributed by atoms with Gasteiger partial charge in [0.2, 0.25) is 0 Å². The van der Waals surface area contributed by atoms with Crippen molar-refractivity contribution >= 4 is 11.5 Å². The lowest BCUT2D eigenvalue weighted by atomic mass is 10.1. The smallest absolute Gasteiger partial charge is 0.199 e. The van der Waals surface area contributed by atoms with Crippen LogP contribution >= 0.6 is 0 Å². The molecule has 0 aliphatic carbocycles. The Morgan fingerprint density at radius 2 is 2.07 bits per heavy atom. The first-order chi connectivity index (χ1) is 6.56. The topological polar surface area (TPSA) is 68.0 Å². The van der Waals surface area contributed by atoms with Crippen LogP contribution in [0.15, 0.2) is 12.4 Å². The summed E-state index contributed by atoms with van der Waals surface area (Å²) in [4.78, 5) is 4.04. The number of anilines is 1. The molecule has 0 aliphatic heterocycles. The average Bonchev–Trinajstić information content (AvgIpc) is 2.49. The second-order valence-corrected chi connectivity index (χ2v) is 4.12. The predicted molar refractivity (Wildman–Crippen MR) is 52.0 cm³/mol. The number of hydrogen-bond acceptors (Lipinski definition) is 5. The average molecular weight is 192 g/mol. The van der Waals surface area contributed by atoms with Crippen LogP contribution in [0.2, 0.25) is 0 Å². The third-order valence-corrected chi connectivity index (χ3v) is 1.61. The number of hydrogen-bond donors (Lipinski definition) is 1. The fourth-order valence-electron chi connectivity index (χ4n) is 1.14. The molecule has 2 aromatic rings. The highest BCUT2D eigenvalue weighted by Gasteiger charge is 2.12. The van der Waals surface area contributed by atoms with Crippen LogP contribution in [0.4, 0.5) is 5.82 Å². The van der Waals surface area contributed by atoms with Crippen LogP contribution < -0.4 is 5.32 Å². The Bertz CT molecular complexity index is 440. The van der Waals surface area contributed by atoms with Crippen molar-refractivity contribution in [2.75, 3.05) is 5.32 Å². The summed E-state index contributed by atoms with van der Waals surface area (Å²) in [5.41, 5.74) is 0.598. The quantitative estimate of drug-likeness (QED) is 0.721. The van der Waals surface area contributed by atoms with Crippen molar-refractivity contribution in [2.24, 2.45) is 0 Å². The maximum absolute atomic E-state index is 4.04. The number of tetrazole rings is 1. The molecule has 0 unspecified atom stereocenters. The standard InChI is InChI=1S/C8H12N6/c1-8(2,3)10-6-4-9-5-7-11-12-13-14(6)7/h4-5,10H,1-3H3. The van der Waals surface area contributed by atoms with Gasteiger partial charge in [0.1, 0.15) is 0 Å². The van der Waals surface area contributed by atoms with E-state index in [-0.39, 0.29) is 5.54 Å². The Hall–Kier alpha value is -1.72. The molecule has 0 bridgehead atoms. The number of nitrogens with one attached hydrogen (secondary N) is 1. The molecule has 2 aromatic heterocycles. The molecule has 0 saturated carbocycles. The lowest BCUT2D eigenvalue weighted by Crippen LogP contribution is -2.27. The van der Waals surface area contributed by atoms with Gasteiger partial charge in [-0.05, 0) is 31.2 Å². The minimum atomic E-state index is -0.0398. The van der Waals surface area contributed by atoms with E-state index in [1.165, 1.54) is 0 Å². The number of fused-ring (bicyclic) bond motifs is 1. The summed E-state index contributed by atoms with van der Waals surface area (Å²) >= 11 is 0. The molecule has 0 atom stereocenters. The zero-order chi connectivity index (χ0) is 10.2. The number of nitrogens with zero attached hydrogens (tertiary/aromatic N) is 5. The third-order valence-electron chi connectivity index (χ3n) is 1.61. The minimum absolute atomic E-state index is 0.0398. The van der Waals surface area contributed by atoms with E-state index in [9.17, 15) is 0 Å². The van der Waals surface area contributed by atoms with E-state index < -0.39 is 0 Å². The van der Waals surface area contributed by atoms with E-state index in [0.717, 1.165) is 5.82 Å². The van der Waals surface area contributed by atoms with Crippen molar-refractivity contribution in [3.05, 3.63) is 12.4 Å². The summed E-state index contributed by atoms with van der Waals surface area (Å²) in [5.74, 6) is 0.792.